The number of ketones is 1. The Labute approximate surface area is 151 Å². The summed E-state index contributed by atoms with van der Waals surface area (Å²) in [4.78, 5) is 29.1. The molecular weight excluding hydrogens is 328 g/mol. The maximum atomic E-state index is 12.8. The number of Topliss-reactive ketones (excluding diaryl/α,β-unsaturated/α-hetero) is 1. The molecule has 1 atom stereocenters. The van der Waals surface area contributed by atoms with E-state index >= 15 is 0 Å². The van der Waals surface area contributed by atoms with Gasteiger partial charge in [-0.3, -0.25) is 9.78 Å². The maximum absolute atomic E-state index is 12.8. The molecule has 0 aliphatic rings. The fourth-order valence-electron chi connectivity index (χ4n) is 2.48. The van der Waals surface area contributed by atoms with Crippen molar-refractivity contribution in [2.75, 3.05) is 0 Å². The molecule has 1 aromatic heterocycles. The summed E-state index contributed by atoms with van der Waals surface area (Å²) >= 11 is 0. The van der Waals surface area contributed by atoms with Crippen molar-refractivity contribution in [3.05, 3.63) is 102 Å². The van der Waals surface area contributed by atoms with Crippen LogP contribution in [-0.2, 0) is 11.3 Å². The summed E-state index contributed by atoms with van der Waals surface area (Å²) in [5.74, 6) is -0.298. The van der Waals surface area contributed by atoms with Gasteiger partial charge < -0.3 is 10.1 Å². The Kier molecular flexibility index (Phi) is 5.72. The van der Waals surface area contributed by atoms with Crippen molar-refractivity contribution in [2.45, 2.75) is 12.6 Å². The van der Waals surface area contributed by atoms with Gasteiger partial charge in [-0.25, -0.2) is 4.79 Å². The molecule has 3 rings (SSSR count). The lowest BCUT2D eigenvalue weighted by Crippen LogP contribution is -2.34. The van der Waals surface area contributed by atoms with Crippen molar-refractivity contribution in [1.82, 2.24) is 10.3 Å². The molecule has 0 radical (unpaired) electrons. The van der Waals surface area contributed by atoms with Crippen LogP contribution in [0.4, 0.5) is 4.79 Å². The van der Waals surface area contributed by atoms with Gasteiger partial charge in [-0.15, -0.1) is 0 Å². The third-order valence-corrected chi connectivity index (χ3v) is 3.79. The Morgan fingerprint density at radius 3 is 2.19 bits per heavy atom. The summed E-state index contributed by atoms with van der Waals surface area (Å²) in [6.45, 7) is 0.131. The number of amides is 1. The highest BCUT2D eigenvalue weighted by Crippen LogP contribution is 2.18. The zero-order valence-corrected chi connectivity index (χ0v) is 14.0. The van der Waals surface area contributed by atoms with Gasteiger partial charge in [0.25, 0.3) is 0 Å². The Hall–Kier alpha value is -3.47. The number of rotatable bonds is 6. The normalized spacial score (nSPS) is 11.4. The Morgan fingerprint density at radius 1 is 0.885 bits per heavy atom. The standard InChI is InChI=1S/C21H18N2O3/c24-20(18-13-7-8-14-22-18)19(17-11-5-2-6-12-17)23-21(25)26-15-16-9-3-1-4-10-16/h1-14,19H,15H2,(H,23,25). The molecule has 5 heteroatoms. The molecule has 0 saturated carbocycles. The van der Waals surface area contributed by atoms with Crippen LogP contribution >= 0.6 is 0 Å². The smallest absolute Gasteiger partial charge is 0.408 e. The lowest BCUT2D eigenvalue weighted by molar-refractivity contribution is 0.0912. The number of hydrogen-bond donors (Lipinski definition) is 1. The van der Waals surface area contributed by atoms with Crippen LogP contribution in [0.1, 0.15) is 27.7 Å². The van der Waals surface area contributed by atoms with E-state index in [2.05, 4.69) is 10.3 Å². The van der Waals surface area contributed by atoms with E-state index in [-0.39, 0.29) is 18.1 Å². The molecule has 1 N–H and O–H groups in total. The third kappa shape index (κ3) is 4.54. The highest BCUT2D eigenvalue weighted by atomic mass is 16.5. The van der Waals surface area contributed by atoms with Crippen LogP contribution < -0.4 is 5.32 Å². The van der Waals surface area contributed by atoms with Crippen molar-refractivity contribution in [2.24, 2.45) is 0 Å². The summed E-state index contributed by atoms with van der Waals surface area (Å²) in [5, 5.41) is 2.65. The minimum absolute atomic E-state index is 0.131. The molecule has 130 valence electrons. The molecule has 1 amide bonds. The molecule has 1 heterocycles. The molecule has 26 heavy (non-hydrogen) atoms. The van der Waals surface area contributed by atoms with Crippen LogP contribution in [0.2, 0.25) is 0 Å². The highest BCUT2D eigenvalue weighted by Gasteiger charge is 2.25. The molecule has 0 spiro atoms. The van der Waals surface area contributed by atoms with Gasteiger partial charge in [-0.05, 0) is 23.3 Å². The van der Waals surface area contributed by atoms with Gasteiger partial charge in [0.15, 0.2) is 0 Å². The molecule has 5 nitrogen and oxygen atoms in total. The second-order valence-corrected chi connectivity index (χ2v) is 5.63. The summed E-state index contributed by atoms with van der Waals surface area (Å²) in [5.41, 5.74) is 1.82. The van der Waals surface area contributed by atoms with E-state index in [0.717, 1.165) is 5.56 Å². The van der Waals surface area contributed by atoms with Crippen molar-refractivity contribution in [3.63, 3.8) is 0 Å². The number of benzene rings is 2. The monoisotopic (exact) mass is 346 g/mol. The van der Waals surface area contributed by atoms with Gasteiger partial charge in [-0.1, -0.05) is 66.7 Å². The topological polar surface area (TPSA) is 68.3 Å². The minimum atomic E-state index is -0.866. The summed E-state index contributed by atoms with van der Waals surface area (Å²) < 4.78 is 5.24. The molecule has 0 fully saturated rings. The van der Waals surface area contributed by atoms with Crippen LogP contribution in [-0.4, -0.2) is 16.9 Å². The van der Waals surface area contributed by atoms with E-state index in [1.807, 2.05) is 48.5 Å². The number of alkyl carbamates (subject to hydrolysis) is 1. The average molecular weight is 346 g/mol. The second kappa shape index (κ2) is 8.58. The Morgan fingerprint density at radius 2 is 1.54 bits per heavy atom. The summed E-state index contributed by atoms with van der Waals surface area (Å²) in [7, 11) is 0. The number of hydrogen-bond acceptors (Lipinski definition) is 4. The van der Waals surface area contributed by atoms with Gasteiger partial charge in [0.05, 0.1) is 0 Å². The molecule has 2 aromatic carbocycles. The first-order chi connectivity index (χ1) is 12.7. The van der Waals surface area contributed by atoms with E-state index < -0.39 is 12.1 Å². The van der Waals surface area contributed by atoms with Gasteiger partial charge >= 0.3 is 6.09 Å². The fraction of sp³-hybridized carbons (Fsp3) is 0.0952. The summed E-state index contributed by atoms with van der Waals surface area (Å²) in [6, 6.07) is 22.6. The Bertz CT molecular complexity index is 852. The van der Waals surface area contributed by atoms with Crippen LogP contribution in [0.15, 0.2) is 85.1 Å². The van der Waals surface area contributed by atoms with Gasteiger partial charge in [0, 0.05) is 6.20 Å². The van der Waals surface area contributed by atoms with Crippen molar-refractivity contribution >= 4 is 11.9 Å². The number of pyridine rings is 1. The number of carbonyl (C=O) groups excluding carboxylic acids is 2. The molecule has 0 aliphatic heterocycles. The Balaban J connectivity index is 1.73. The van der Waals surface area contributed by atoms with E-state index in [0.29, 0.717) is 5.56 Å². The summed E-state index contributed by atoms with van der Waals surface area (Å²) in [6.07, 6.45) is 0.884. The first-order valence-electron chi connectivity index (χ1n) is 8.21. The van der Waals surface area contributed by atoms with Crippen LogP contribution in [0, 0.1) is 0 Å². The minimum Gasteiger partial charge on any atom is -0.445 e. The van der Waals surface area contributed by atoms with Gasteiger partial charge in [-0.2, -0.15) is 0 Å². The third-order valence-electron chi connectivity index (χ3n) is 3.79. The number of aromatic nitrogens is 1. The fourth-order valence-corrected chi connectivity index (χ4v) is 2.48. The quantitative estimate of drug-likeness (QED) is 0.687. The lowest BCUT2D eigenvalue weighted by atomic mass is 10.0. The van der Waals surface area contributed by atoms with E-state index in [9.17, 15) is 9.59 Å². The van der Waals surface area contributed by atoms with E-state index in [1.54, 1.807) is 36.5 Å². The molecule has 3 aromatic rings. The van der Waals surface area contributed by atoms with Crippen molar-refractivity contribution in [1.29, 1.82) is 0 Å². The molecule has 0 saturated heterocycles. The maximum Gasteiger partial charge on any atom is 0.408 e. The number of nitrogens with one attached hydrogen (secondary N) is 1. The van der Waals surface area contributed by atoms with E-state index in [4.69, 9.17) is 4.74 Å². The molecule has 0 aliphatic carbocycles. The second-order valence-electron chi connectivity index (χ2n) is 5.63. The predicted octanol–water partition coefficient (Wildman–Crippen LogP) is 3.93. The van der Waals surface area contributed by atoms with Crippen LogP contribution in [0.5, 0.6) is 0 Å². The SMILES string of the molecule is O=C(NC(C(=O)c1ccccn1)c1ccccc1)OCc1ccccc1. The first kappa shape index (κ1) is 17.4. The van der Waals surface area contributed by atoms with Crippen LogP contribution in [0.3, 0.4) is 0 Å². The van der Waals surface area contributed by atoms with E-state index in [1.165, 1.54) is 0 Å². The largest absolute Gasteiger partial charge is 0.445 e. The molecule has 0 bridgehead atoms. The number of carbonyl (C=O) groups is 2. The zero-order valence-electron chi connectivity index (χ0n) is 14.0. The molecular formula is C21H18N2O3. The highest BCUT2D eigenvalue weighted by molar-refractivity contribution is 6.00. The average Bonchev–Trinajstić information content (AvgIpc) is 2.72. The first-order valence-corrected chi connectivity index (χ1v) is 8.21. The number of ether oxygens (including phenoxy) is 1. The number of nitrogens with zero attached hydrogens (tertiary/aromatic N) is 1. The lowest BCUT2D eigenvalue weighted by Gasteiger charge is -2.17. The van der Waals surface area contributed by atoms with Crippen molar-refractivity contribution in [3.8, 4) is 0 Å². The van der Waals surface area contributed by atoms with Gasteiger partial charge in [0.1, 0.15) is 18.3 Å². The zero-order chi connectivity index (χ0) is 18.2. The van der Waals surface area contributed by atoms with Gasteiger partial charge in [0.2, 0.25) is 5.78 Å². The predicted molar refractivity (Wildman–Crippen MR) is 97.5 cm³/mol. The molecule has 1 unspecified atom stereocenters. The van der Waals surface area contributed by atoms with Crippen LogP contribution in [0.25, 0.3) is 0 Å². The van der Waals surface area contributed by atoms with Crippen molar-refractivity contribution < 1.29 is 14.3 Å².